The second kappa shape index (κ2) is 9.18. The van der Waals surface area contributed by atoms with Crippen LogP contribution in [-0.2, 0) is 11.2 Å². The van der Waals surface area contributed by atoms with E-state index in [-0.39, 0.29) is 17.7 Å². The summed E-state index contributed by atoms with van der Waals surface area (Å²) in [5.41, 5.74) is 3.97. The number of nitrogens with zero attached hydrogens (tertiary/aromatic N) is 1. The van der Waals surface area contributed by atoms with Gasteiger partial charge in [0.05, 0.1) is 4.88 Å². The third kappa shape index (κ3) is 5.19. The Morgan fingerprint density at radius 3 is 2.63 bits per heavy atom. The molecule has 1 aromatic heterocycles. The normalized spacial score (nSPS) is 15.0. The van der Waals surface area contributed by atoms with Crippen LogP contribution in [-0.4, -0.2) is 36.3 Å². The van der Waals surface area contributed by atoms with Gasteiger partial charge in [0.25, 0.3) is 5.91 Å². The summed E-state index contributed by atoms with van der Waals surface area (Å²) in [4.78, 5) is 27.4. The van der Waals surface area contributed by atoms with E-state index in [4.69, 9.17) is 0 Å². The van der Waals surface area contributed by atoms with Crippen molar-refractivity contribution in [1.82, 2.24) is 10.2 Å². The largest absolute Gasteiger partial charge is 0.356 e. The lowest BCUT2D eigenvalue weighted by Crippen LogP contribution is -2.43. The fourth-order valence-corrected chi connectivity index (χ4v) is 4.35. The molecule has 1 saturated heterocycles. The summed E-state index contributed by atoms with van der Waals surface area (Å²) in [6, 6.07) is 10.3. The van der Waals surface area contributed by atoms with Gasteiger partial charge in [0.1, 0.15) is 0 Å². The summed E-state index contributed by atoms with van der Waals surface area (Å²) in [6.45, 7) is 6.29. The highest BCUT2D eigenvalue weighted by molar-refractivity contribution is 7.12. The number of carbonyl (C=O) groups is 2. The van der Waals surface area contributed by atoms with Crippen LogP contribution in [0.15, 0.2) is 35.7 Å². The maximum Gasteiger partial charge on any atom is 0.263 e. The number of piperidine rings is 1. The van der Waals surface area contributed by atoms with Gasteiger partial charge in [-0.3, -0.25) is 9.59 Å². The van der Waals surface area contributed by atoms with Crippen LogP contribution in [0.25, 0.3) is 0 Å². The van der Waals surface area contributed by atoms with E-state index in [0.29, 0.717) is 19.6 Å². The number of thiophene rings is 1. The van der Waals surface area contributed by atoms with E-state index in [9.17, 15) is 9.59 Å². The minimum atomic E-state index is 0.0264. The van der Waals surface area contributed by atoms with Crippen LogP contribution in [0.5, 0.6) is 0 Å². The third-order valence-electron chi connectivity index (χ3n) is 5.31. The van der Waals surface area contributed by atoms with Crippen LogP contribution in [0.4, 0.5) is 0 Å². The summed E-state index contributed by atoms with van der Waals surface area (Å²) in [6.07, 6.45) is 3.44. The zero-order valence-corrected chi connectivity index (χ0v) is 17.0. The number of carbonyl (C=O) groups excluding carboxylic acids is 2. The zero-order valence-electron chi connectivity index (χ0n) is 16.2. The molecule has 0 radical (unpaired) electrons. The highest BCUT2D eigenvalue weighted by Crippen LogP contribution is 2.21. The SMILES string of the molecule is Cc1ccc(CCCNC(=O)C2CCN(C(=O)c3cccs3)CC2)c(C)c1. The molecule has 4 nitrogen and oxygen atoms in total. The lowest BCUT2D eigenvalue weighted by atomic mass is 9.95. The van der Waals surface area contributed by atoms with Crippen LogP contribution in [0.3, 0.4) is 0 Å². The van der Waals surface area contributed by atoms with Crippen LogP contribution in [0, 0.1) is 19.8 Å². The quantitative estimate of drug-likeness (QED) is 0.766. The first-order valence-electron chi connectivity index (χ1n) is 9.71. The Hall–Kier alpha value is -2.14. The van der Waals surface area contributed by atoms with Crippen molar-refractivity contribution in [1.29, 1.82) is 0 Å². The summed E-state index contributed by atoms with van der Waals surface area (Å²) >= 11 is 1.47. The maximum atomic E-state index is 12.4. The number of amides is 2. The zero-order chi connectivity index (χ0) is 19.2. The molecule has 1 aliphatic heterocycles. The van der Waals surface area contributed by atoms with Crippen molar-refractivity contribution < 1.29 is 9.59 Å². The number of benzene rings is 1. The first-order valence-corrected chi connectivity index (χ1v) is 10.6. The van der Waals surface area contributed by atoms with Gasteiger partial charge < -0.3 is 10.2 Å². The highest BCUT2D eigenvalue weighted by atomic mass is 32.1. The number of hydrogen-bond acceptors (Lipinski definition) is 3. The Morgan fingerprint density at radius 2 is 1.96 bits per heavy atom. The average Bonchev–Trinajstić information content (AvgIpc) is 3.21. The molecule has 0 aliphatic carbocycles. The number of hydrogen-bond donors (Lipinski definition) is 1. The van der Waals surface area contributed by atoms with Crippen molar-refractivity contribution in [3.63, 3.8) is 0 Å². The molecule has 1 aliphatic rings. The fraction of sp³-hybridized carbons (Fsp3) is 0.455. The molecule has 2 aromatic rings. The minimum Gasteiger partial charge on any atom is -0.356 e. The summed E-state index contributed by atoms with van der Waals surface area (Å²) in [5, 5.41) is 5.01. The van der Waals surface area contributed by atoms with E-state index in [1.807, 2.05) is 22.4 Å². The molecule has 3 rings (SSSR count). The molecule has 0 saturated carbocycles. The Labute approximate surface area is 165 Å². The van der Waals surface area contributed by atoms with Gasteiger partial charge in [-0.1, -0.05) is 29.8 Å². The number of rotatable bonds is 6. The molecule has 2 heterocycles. The fourth-order valence-electron chi connectivity index (χ4n) is 3.66. The van der Waals surface area contributed by atoms with E-state index in [1.54, 1.807) is 0 Å². The molecular weight excluding hydrogens is 356 g/mol. The van der Waals surface area contributed by atoms with Gasteiger partial charge in [0, 0.05) is 25.6 Å². The van der Waals surface area contributed by atoms with Gasteiger partial charge in [-0.25, -0.2) is 0 Å². The van der Waals surface area contributed by atoms with Crippen molar-refractivity contribution in [2.75, 3.05) is 19.6 Å². The van der Waals surface area contributed by atoms with Crippen molar-refractivity contribution in [3.05, 3.63) is 57.3 Å². The molecule has 0 bridgehead atoms. The van der Waals surface area contributed by atoms with Crippen LogP contribution >= 0.6 is 11.3 Å². The van der Waals surface area contributed by atoms with E-state index in [0.717, 1.165) is 30.6 Å². The number of likely N-dealkylation sites (tertiary alicyclic amines) is 1. The van der Waals surface area contributed by atoms with Crippen molar-refractivity contribution in [2.24, 2.45) is 5.92 Å². The molecule has 0 atom stereocenters. The molecule has 0 unspecified atom stereocenters. The lowest BCUT2D eigenvalue weighted by molar-refractivity contribution is -0.126. The first kappa shape index (κ1) is 19.6. The molecule has 1 aromatic carbocycles. The second-order valence-electron chi connectivity index (χ2n) is 7.37. The lowest BCUT2D eigenvalue weighted by Gasteiger charge is -2.31. The Balaban J connectivity index is 1.37. The van der Waals surface area contributed by atoms with Crippen molar-refractivity contribution in [3.8, 4) is 0 Å². The Kier molecular flexibility index (Phi) is 6.67. The average molecular weight is 385 g/mol. The van der Waals surface area contributed by atoms with Gasteiger partial charge >= 0.3 is 0 Å². The third-order valence-corrected chi connectivity index (χ3v) is 6.16. The van der Waals surface area contributed by atoms with Crippen molar-refractivity contribution >= 4 is 23.2 Å². The first-order chi connectivity index (χ1) is 13.0. The van der Waals surface area contributed by atoms with Crippen molar-refractivity contribution in [2.45, 2.75) is 39.5 Å². The minimum absolute atomic E-state index is 0.0264. The van der Waals surface area contributed by atoms with Crippen LogP contribution < -0.4 is 5.32 Å². The van der Waals surface area contributed by atoms with Gasteiger partial charge in [-0.05, 0) is 62.1 Å². The molecule has 0 spiro atoms. The molecule has 1 N–H and O–H groups in total. The van der Waals surface area contributed by atoms with E-state index in [1.165, 1.54) is 28.0 Å². The monoisotopic (exact) mass is 384 g/mol. The highest BCUT2D eigenvalue weighted by Gasteiger charge is 2.27. The van der Waals surface area contributed by atoms with Gasteiger partial charge in [-0.2, -0.15) is 0 Å². The van der Waals surface area contributed by atoms with Gasteiger partial charge in [0.15, 0.2) is 0 Å². The van der Waals surface area contributed by atoms with E-state index in [2.05, 4.69) is 37.4 Å². The van der Waals surface area contributed by atoms with E-state index < -0.39 is 0 Å². The second-order valence-corrected chi connectivity index (χ2v) is 8.32. The summed E-state index contributed by atoms with van der Waals surface area (Å²) < 4.78 is 0. The van der Waals surface area contributed by atoms with Crippen LogP contribution in [0.1, 0.15) is 45.6 Å². The van der Waals surface area contributed by atoms with E-state index >= 15 is 0 Å². The molecule has 2 amide bonds. The van der Waals surface area contributed by atoms with Gasteiger partial charge in [0.2, 0.25) is 5.91 Å². The summed E-state index contributed by atoms with van der Waals surface area (Å²) in [7, 11) is 0. The van der Waals surface area contributed by atoms with Gasteiger partial charge in [-0.15, -0.1) is 11.3 Å². The summed E-state index contributed by atoms with van der Waals surface area (Å²) in [5.74, 6) is 0.259. The molecular formula is C22H28N2O2S. The molecule has 1 fully saturated rings. The molecule has 5 heteroatoms. The standard InChI is InChI=1S/C22H28N2O2S/c1-16-7-8-18(17(2)15-16)5-3-11-23-21(25)19-9-12-24(13-10-19)22(26)20-6-4-14-27-20/h4,6-8,14-15,19H,3,5,9-13H2,1-2H3,(H,23,25). The van der Waals surface area contributed by atoms with Crippen LogP contribution in [0.2, 0.25) is 0 Å². The molecule has 27 heavy (non-hydrogen) atoms. The predicted molar refractivity (Wildman–Crippen MR) is 110 cm³/mol. The number of aryl methyl sites for hydroxylation is 3. The smallest absolute Gasteiger partial charge is 0.263 e. The maximum absolute atomic E-state index is 12.4. The number of nitrogens with one attached hydrogen (secondary N) is 1. The predicted octanol–water partition coefficient (Wildman–Crippen LogP) is 3.97. The topological polar surface area (TPSA) is 49.4 Å². The Morgan fingerprint density at radius 1 is 1.19 bits per heavy atom. The molecule has 144 valence electrons. The Bertz CT molecular complexity index is 778.